The maximum Gasteiger partial charge on any atom is 0.0571 e. The van der Waals surface area contributed by atoms with Crippen molar-refractivity contribution in [2.24, 2.45) is 58.2 Å². The van der Waals surface area contributed by atoms with E-state index >= 15 is 0 Å². The number of hydrogen-bond donors (Lipinski definition) is 1. The van der Waals surface area contributed by atoms with Gasteiger partial charge in [-0.05, 0) is 116 Å². The van der Waals surface area contributed by atoms with Crippen molar-refractivity contribution in [2.75, 3.05) is 0 Å². The second kappa shape index (κ2) is 8.72. The molecule has 4 aliphatic rings. The highest BCUT2D eigenvalue weighted by molar-refractivity contribution is 5.09. The molecule has 0 saturated heterocycles. The average molecular weight is 417 g/mol. The molecule has 1 N–H and O–H groups in total. The topological polar surface area (TPSA) is 20.2 Å². The molecule has 4 fully saturated rings. The van der Waals surface area contributed by atoms with Crippen LogP contribution in [-0.4, -0.2) is 11.2 Å². The fourth-order valence-corrected chi connectivity index (χ4v) is 9.90. The van der Waals surface area contributed by atoms with Crippen LogP contribution in [0.15, 0.2) is 0 Å². The van der Waals surface area contributed by atoms with Crippen LogP contribution in [0, 0.1) is 58.2 Å². The summed E-state index contributed by atoms with van der Waals surface area (Å²) >= 11 is 0. The van der Waals surface area contributed by atoms with Gasteiger partial charge >= 0.3 is 0 Å². The van der Waals surface area contributed by atoms with Crippen molar-refractivity contribution in [3.05, 3.63) is 0 Å². The Hall–Kier alpha value is -0.0400. The highest BCUT2D eigenvalue weighted by atomic mass is 16.3. The summed E-state index contributed by atoms with van der Waals surface area (Å²) in [6, 6.07) is 0. The molecule has 0 aliphatic heterocycles. The van der Waals surface area contributed by atoms with Gasteiger partial charge in [-0.2, -0.15) is 0 Å². The summed E-state index contributed by atoms with van der Waals surface area (Å²) < 4.78 is 0. The molecule has 2 unspecified atom stereocenters. The van der Waals surface area contributed by atoms with E-state index in [0.717, 1.165) is 36.0 Å². The van der Waals surface area contributed by atoms with Crippen LogP contribution < -0.4 is 0 Å². The van der Waals surface area contributed by atoms with Crippen LogP contribution in [0.2, 0.25) is 0 Å². The van der Waals surface area contributed by atoms with Gasteiger partial charge < -0.3 is 5.11 Å². The lowest BCUT2D eigenvalue weighted by molar-refractivity contribution is -0.118. The monoisotopic (exact) mass is 416 g/mol. The third-order valence-electron chi connectivity index (χ3n) is 11.9. The molecule has 4 saturated carbocycles. The van der Waals surface area contributed by atoms with Gasteiger partial charge in [0.05, 0.1) is 6.10 Å². The fourth-order valence-electron chi connectivity index (χ4n) is 9.90. The minimum atomic E-state index is -0.109. The van der Waals surface area contributed by atoms with E-state index in [2.05, 4.69) is 41.5 Å². The Morgan fingerprint density at radius 2 is 1.57 bits per heavy atom. The zero-order valence-electron chi connectivity index (χ0n) is 21.1. The summed E-state index contributed by atoms with van der Waals surface area (Å²) in [6.07, 6.45) is 16.9. The van der Waals surface area contributed by atoms with Crippen molar-refractivity contribution >= 4 is 0 Å². The summed E-state index contributed by atoms with van der Waals surface area (Å²) in [7, 11) is 0. The maximum absolute atomic E-state index is 11.3. The molecule has 30 heavy (non-hydrogen) atoms. The Balaban J connectivity index is 1.48. The second-order valence-corrected chi connectivity index (χ2v) is 13.2. The van der Waals surface area contributed by atoms with Gasteiger partial charge in [0.25, 0.3) is 0 Å². The zero-order valence-corrected chi connectivity index (χ0v) is 21.1. The molecule has 0 aromatic rings. The Labute approximate surface area is 188 Å². The maximum atomic E-state index is 11.3. The van der Waals surface area contributed by atoms with Gasteiger partial charge in [0.15, 0.2) is 0 Å². The molecule has 0 radical (unpaired) electrons. The van der Waals surface area contributed by atoms with Gasteiger partial charge in [-0.3, -0.25) is 0 Å². The first kappa shape index (κ1) is 23.1. The molecule has 4 aliphatic carbocycles. The molecule has 0 aromatic heterocycles. The van der Waals surface area contributed by atoms with Gasteiger partial charge in [0.1, 0.15) is 0 Å². The summed E-state index contributed by atoms with van der Waals surface area (Å²) in [5.74, 6) is 6.50. The van der Waals surface area contributed by atoms with Crippen LogP contribution in [0.3, 0.4) is 0 Å². The molecule has 0 aromatic carbocycles. The molecule has 10 atom stereocenters. The largest absolute Gasteiger partial charge is 0.393 e. The number of fused-ring (bicyclic) bond motifs is 5. The lowest BCUT2D eigenvalue weighted by Gasteiger charge is -2.61. The fraction of sp³-hybridized carbons (Fsp3) is 1.00. The van der Waals surface area contributed by atoms with Crippen LogP contribution in [0.25, 0.3) is 0 Å². The number of hydrogen-bond acceptors (Lipinski definition) is 1. The van der Waals surface area contributed by atoms with Gasteiger partial charge in [0, 0.05) is 0 Å². The molecule has 1 nitrogen and oxygen atoms in total. The van der Waals surface area contributed by atoms with Crippen molar-refractivity contribution in [2.45, 2.75) is 125 Å². The molecule has 0 amide bonds. The Morgan fingerprint density at radius 1 is 0.833 bits per heavy atom. The number of rotatable bonds is 6. The Kier molecular flexibility index (Phi) is 6.72. The van der Waals surface area contributed by atoms with E-state index in [0.29, 0.717) is 28.6 Å². The van der Waals surface area contributed by atoms with Crippen LogP contribution in [-0.2, 0) is 0 Å². The van der Waals surface area contributed by atoms with Gasteiger partial charge in [0.2, 0.25) is 0 Å². The minimum absolute atomic E-state index is 0.109. The van der Waals surface area contributed by atoms with Crippen LogP contribution in [0.4, 0.5) is 0 Å². The van der Waals surface area contributed by atoms with Crippen molar-refractivity contribution in [3.8, 4) is 0 Å². The second-order valence-electron chi connectivity index (χ2n) is 13.2. The number of aliphatic hydroxyl groups is 1. The highest BCUT2D eigenvalue weighted by Crippen LogP contribution is 2.68. The SMILES string of the molecule is CC[C@H](CC(O)[C@@H](C)[C@H]1CC[C@H]2[C@@H]3CCC4CCCC[C@]4(C)[C@H]3CC[C@]12C)C(C)C. The summed E-state index contributed by atoms with van der Waals surface area (Å²) in [4.78, 5) is 0. The van der Waals surface area contributed by atoms with Crippen molar-refractivity contribution in [1.29, 1.82) is 0 Å². The summed E-state index contributed by atoms with van der Waals surface area (Å²) in [6.45, 7) is 14.7. The quantitative estimate of drug-likeness (QED) is 0.463. The van der Waals surface area contributed by atoms with Crippen molar-refractivity contribution < 1.29 is 5.11 Å². The molecule has 0 bridgehead atoms. The van der Waals surface area contributed by atoms with Gasteiger partial charge in [-0.15, -0.1) is 0 Å². The van der Waals surface area contributed by atoms with Gasteiger partial charge in [-0.1, -0.05) is 60.8 Å². The molecular formula is C29H52O. The average Bonchev–Trinajstić information content (AvgIpc) is 3.07. The normalized spacial score (nSPS) is 46.6. The molecule has 0 heterocycles. The first-order chi connectivity index (χ1) is 14.2. The van der Waals surface area contributed by atoms with E-state index in [-0.39, 0.29) is 6.10 Å². The first-order valence-electron chi connectivity index (χ1n) is 13.9. The predicted octanol–water partition coefficient (Wildman–Crippen LogP) is 8.10. The first-order valence-corrected chi connectivity index (χ1v) is 13.9. The molecule has 1 heteroatoms. The Bertz CT molecular complexity index is 583. The number of aliphatic hydroxyl groups excluding tert-OH is 1. The molecule has 0 spiro atoms. The van der Waals surface area contributed by atoms with Gasteiger partial charge in [-0.25, -0.2) is 0 Å². The smallest absolute Gasteiger partial charge is 0.0571 e. The summed E-state index contributed by atoms with van der Waals surface area (Å²) in [5, 5.41) is 11.3. The third kappa shape index (κ3) is 3.72. The highest BCUT2D eigenvalue weighted by Gasteiger charge is 2.60. The van der Waals surface area contributed by atoms with Crippen molar-refractivity contribution in [1.82, 2.24) is 0 Å². The standard InChI is InChI=1S/C29H52O/c1-7-21(19(2)3)18-27(30)20(4)24-13-14-25-23-12-11-22-10-8-9-16-28(22,5)26(23)15-17-29(24,25)6/h19-27,30H,7-18H2,1-6H3/t20-,21+,22?,23-,24+,25-,26-,27?,28-,29+/m0/s1. The van der Waals surface area contributed by atoms with Crippen LogP contribution in [0.1, 0.15) is 119 Å². The van der Waals surface area contributed by atoms with E-state index in [9.17, 15) is 5.11 Å². The third-order valence-corrected chi connectivity index (χ3v) is 11.9. The van der Waals surface area contributed by atoms with E-state index < -0.39 is 0 Å². The van der Waals surface area contributed by atoms with E-state index in [4.69, 9.17) is 0 Å². The zero-order chi connectivity index (χ0) is 21.7. The van der Waals surface area contributed by atoms with Crippen molar-refractivity contribution in [3.63, 3.8) is 0 Å². The van der Waals surface area contributed by atoms with E-state index in [1.54, 1.807) is 0 Å². The van der Waals surface area contributed by atoms with Crippen LogP contribution >= 0.6 is 0 Å². The molecule has 4 rings (SSSR count). The lowest BCUT2D eigenvalue weighted by Crippen LogP contribution is -2.53. The predicted molar refractivity (Wildman–Crippen MR) is 128 cm³/mol. The molecular weight excluding hydrogens is 364 g/mol. The lowest BCUT2D eigenvalue weighted by atomic mass is 9.44. The summed E-state index contributed by atoms with van der Waals surface area (Å²) in [5.41, 5.74) is 1.14. The van der Waals surface area contributed by atoms with E-state index in [1.807, 2.05) is 0 Å². The Morgan fingerprint density at radius 3 is 2.27 bits per heavy atom. The molecule has 174 valence electrons. The van der Waals surface area contributed by atoms with E-state index in [1.165, 1.54) is 70.6 Å². The van der Waals surface area contributed by atoms with Crippen LogP contribution in [0.5, 0.6) is 0 Å². The minimum Gasteiger partial charge on any atom is -0.393 e.